The van der Waals surface area contributed by atoms with Gasteiger partial charge < -0.3 is 11.1 Å². The zero-order valence-electron chi connectivity index (χ0n) is 11.1. The molecule has 1 saturated heterocycles. The summed E-state index contributed by atoms with van der Waals surface area (Å²) in [5.41, 5.74) is 6.67. The molecule has 6 nitrogen and oxygen atoms in total. The average molecular weight is 320 g/mol. The molecule has 1 fully saturated rings. The lowest BCUT2D eigenvalue weighted by Crippen LogP contribution is -2.32. The molecule has 0 bridgehead atoms. The van der Waals surface area contributed by atoms with E-state index in [1.54, 1.807) is 31.2 Å². The second-order valence-electron chi connectivity index (χ2n) is 4.57. The van der Waals surface area contributed by atoms with Crippen LogP contribution >= 0.6 is 12.4 Å². The van der Waals surface area contributed by atoms with Crippen LogP contribution in [0.5, 0.6) is 0 Å². The fraction of sp³-hybridized carbons (Fsp3) is 0.417. The molecule has 1 aromatic rings. The molecule has 1 amide bonds. The molecule has 0 radical (unpaired) electrons. The Morgan fingerprint density at radius 3 is 2.40 bits per heavy atom. The molecule has 112 valence electrons. The van der Waals surface area contributed by atoms with Gasteiger partial charge in [-0.25, -0.2) is 8.42 Å². The fourth-order valence-corrected chi connectivity index (χ4v) is 3.46. The molecule has 0 spiro atoms. The minimum atomic E-state index is -3.16. The van der Waals surface area contributed by atoms with E-state index in [1.807, 2.05) is 0 Å². The normalized spacial score (nSPS) is 18.2. The molecule has 1 aliphatic heterocycles. The number of rotatable bonds is 3. The number of anilines is 2. The van der Waals surface area contributed by atoms with E-state index in [2.05, 4.69) is 5.32 Å². The molecule has 1 aliphatic rings. The third-order valence-corrected chi connectivity index (χ3v) is 4.81. The molecule has 1 aromatic carbocycles. The summed E-state index contributed by atoms with van der Waals surface area (Å²) in [5.74, 6) is -0.0857. The van der Waals surface area contributed by atoms with Crippen LogP contribution in [0.2, 0.25) is 0 Å². The van der Waals surface area contributed by atoms with E-state index < -0.39 is 16.1 Å². The number of halogens is 1. The van der Waals surface area contributed by atoms with E-state index in [4.69, 9.17) is 5.73 Å². The van der Waals surface area contributed by atoms with Crippen molar-refractivity contribution < 1.29 is 13.2 Å². The summed E-state index contributed by atoms with van der Waals surface area (Å²) >= 11 is 0. The van der Waals surface area contributed by atoms with Crippen LogP contribution in [0.4, 0.5) is 11.4 Å². The minimum absolute atomic E-state index is 0. The molecule has 0 aromatic heterocycles. The van der Waals surface area contributed by atoms with E-state index in [1.165, 1.54) is 4.31 Å². The third kappa shape index (κ3) is 3.62. The van der Waals surface area contributed by atoms with Gasteiger partial charge in [-0.2, -0.15) is 0 Å². The zero-order valence-corrected chi connectivity index (χ0v) is 12.7. The van der Waals surface area contributed by atoms with Gasteiger partial charge in [-0.3, -0.25) is 9.10 Å². The largest absolute Gasteiger partial charge is 0.325 e. The van der Waals surface area contributed by atoms with Crippen molar-refractivity contribution in [3.8, 4) is 0 Å². The number of nitrogens with two attached hydrogens (primary N) is 1. The minimum Gasteiger partial charge on any atom is -0.325 e. The molecule has 0 saturated carbocycles. The number of nitrogens with zero attached hydrogens (tertiary/aromatic N) is 1. The molecule has 1 heterocycles. The SMILES string of the molecule is C[C@@H](N)C(=O)Nc1ccc(N2CCCS2(=O)=O)cc1.Cl. The predicted molar refractivity (Wildman–Crippen MR) is 81.7 cm³/mol. The number of carbonyl (C=O) groups excluding carboxylic acids is 1. The Morgan fingerprint density at radius 2 is 1.95 bits per heavy atom. The van der Waals surface area contributed by atoms with Crippen LogP contribution in [0.3, 0.4) is 0 Å². The Hall–Kier alpha value is -1.31. The Morgan fingerprint density at radius 1 is 1.35 bits per heavy atom. The van der Waals surface area contributed by atoms with E-state index in [9.17, 15) is 13.2 Å². The molecule has 0 aliphatic carbocycles. The van der Waals surface area contributed by atoms with Gasteiger partial charge in [0.2, 0.25) is 15.9 Å². The smallest absolute Gasteiger partial charge is 0.240 e. The Balaban J connectivity index is 0.00000200. The highest BCUT2D eigenvalue weighted by atomic mass is 35.5. The van der Waals surface area contributed by atoms with Crippen molar-refractivity contribution in [2.75, 3.05) is 21.9 Å². The fourth-order valence-electron chi connectivity index (χ4n) is 1.90. The maximum atomic E-state index is 11.8. The Labute approximate surface area is 124 Å². The van der Waals surface area contributed by atoms with Crippen LogP contribution in [-0.2, 0) is 14.8 Å². The highest BCUT2D eigenvalue weighted by molar-refractivity contribution is 7.93. The average Bonchev–Trinajstić information content (AvgIpc) is 2.70. The maximum Gasteiger partial charge on any atom is 0.240 e. The van der Waals surface area contributed by atoms with E-state index in [0.717, 1.165) is 0 Å². The molecular weight excluding hydrogens is 302 g/mol. The number of nitrogens with one attached hydrogen (secondary N) is 1. The van der Waals surface area contributed by atoms with Crippen LogP contribution in [-0.4, -0.2) is 32.7 Å². The number of benzene rings is 1. The van der Waals surface area contributed by atoms with Gasteiger partial charge in [0.25, 0.3) is 0 Å². The van der Waals surface area contributed by atoms with E-state index in [0.29, 0.717) is 24.3 Å². The summed E-state index contributed by atoms with van der Waals surface area (Å²) in [5, 5.41) is 2.65. The molecule has 20 heavy (non-hydrogen) atoms. The number of sulfonamides is 1. The molecule has 2 rings (SSSR count). The summed E-state index contributed by atoms with van der Waals surface area (Å²) in [7, 11) is -3.16. The highest BCUT2D eigenvalue weighted by Crippen LogP contribution is 2.25. The first kappa shape index (κ1) is 16.7. The van der Waals surface area contributed by atoms with Crippen LogP contribution in [0.15, 0.2) is 24.3 Å². The first-order valence-corrected chi connectivity index (χ1v) is 7.68. The topological polar surface area (TPSA) is 92.5 Å². The monoisotopic (exact) mass is 319 g/mol. The van der Waals surface area contributed by atoms with Crippen molar-refractivity contribution in [1.29, 1.82) is 0 Å². The number of carbonyl (C=O) groups is 1. The van der Waals surface area contributed by atoms with Gasteiger partial charge in [-0.15, -0.1) is 12.4 Å². The van der Waals surface area contributed by atoms with Gasteiger partial charge in [-0.1, -0.05) is 0 Å². The summed E-state index contributed by atoms with van der Waals surface area (Å²) in [6, 6.07) is 6.12. The number of hydrogen-bond donors (Lipinski definition) is 2. The second kappa shape index (κ2) is 6.43. The first-order chi connectivity index (χ1) is 8.90. The zero-order chi connectivity index (χ0) is 14.0. The first-order valence-electron chi connectivity index (χ1n) is 6.07. The van der Waals surface area contributed by atoms with Gasteiger partial charge in [0, 0.05) is 12.2 Å². The van der Waals surface area contributed by atoms with Crippen molar-refractivity contribution in [1.82, 2.24) is 0 Å². The molecular formula is C12H18ClN3O3S. The van der Waals surface area contributed by atoms with Crippen molar-refractivity contribution >= 4 is 39.7 Å². The highest BCUT2D eigenvalue weighted by Gasteiger charge is 2.28. The van der Waals surface area contributed by atoms with Gasteiger partial charge in [-0.05, 0) is 37.6 Å². The number of amides is 1. The quantitative estimate of drug-likeness (QED) is 0.867. The van der Waals surface area contributed by atoms with Crippen molar-refractivity contribution in [3.63, 3.8) is 0 Å². The molecule has 3 N–H and O–H groups in total. The lowest BCUT2D eigenvalue weighted by atomic mass is 10.2. The number of hydrogen-bond acceptors (Lipinski definition) is 4. The van der Waals surface area contributed by atoms with Crippen molar-refractivity contribution in [3.05, 3.63) is 24.3 Å². The van der Waals surface area contributed by atoms with Crippen molar-refractivity contribution in [2.24, 2.45) is 5.73 Å². The van der Waals surface area contributed by atoms with Gasteiger partial charge in [0.1, 0.15) is 0 Å². The maximum absolute atomic E-state index is 11.8. The Kier molecular flexibility index (Phi) is 5.38. The summed E-state index contributed by atoms with van der Waals surface area (Å²) < 4.78 is 24.9. The second-order valence-corrected chi connectivity index (χ2v) is 6.58. The van der Waals surface area contributed by atoms with Gasteiger partial charge in [0.15, 0.2) is 0 Å². The van der Waals surface area contributed by atoms with Gasteiger partial charge in [0.05, 0.1) is 17.5 Å². The Bertz CT molecular complexity index is 572. The molecule has 8 heteroatoms. The lowest BCUT2D eigenvalue weighted by Gasteiger charge is -2.17. The van der Waals surface area contributed by atoms with Gasteiger partial charge >= 0.3 is 0 Å². The lowest BCUT2D eigenvalue weighted by molar-refractivity contribution is -0.117. The van der Waals surface area contributed by atoms with Crippen LogP contribution in [0, 0.1) is 0 Å². The summed E-state index contributed by atoms with van der Waals surface area (Å²) in [4.78, 5) is 11.4. The molecule has 1 atom stereocenters. The van der Waals surface area contributed by atoms with Crippen LogP contribution < -0.4 is 15.4 Å². The third-order valence-electron chi connectivity index (χ3n) is 2.94. The predicted octanol–water partition coefficient (Wildman–Crippen LogP) is 0.934. The summed E-state index contributed by atoms with van der Waals surface area (Å²) in [6.45, 7) is 2.11. The van der Waals surface area contributed by atoms with E-state index in [-0.39, 0.29) is 24.1 Å². The summed E-state index contributed by atoms with van der Waals surface area (Å²) in [6.07, 6.45) is 0.644. The van der Waals surface area contributed by atoms with E-state index >= 15 is 0 Å². The molecule has 0 unspecified atom stereocenters. The van der Waals surface area contributed by atoms with Crippen LogP contribution in [0.25, 0.3) is 0 Å². The standard InChI is InChI=1S/C12H17N3O3S.ClH/c1-9(13)12(16)14-10-3-5-11(6-4-10)15-7-2-8-19(15,17)18;/h3-6,9H,2,7-8,13H2,1H3,(H,14,16);1H/t9-;/m1./s1. The van der Waals surface area contributed by atoms with Crippen LogP contribution in [0.1, 0.15) is 13.3 Å². The van der Waals surface area contributed by atoms with Crippen molar-refractivity contribution in [2.45, 2.75) is 19.4 Å².